The van der Waals surface area contributed by atoms with Crippen LogP contribution in [0, 0.1) is 0 Å². The highest BCUT2D eigenvalue weighted by Gasteiger charge is 2.30. The van der Waals surface area contributed by atoms with Gasteiger partial charge in [-0.2, -0.15) is 0 Å². The van der Waals surface area contributed by atoms with Crippen LogP contribution in [0.25, 0.3) is 6.08 Å². The maximum atomic E-state index is 12.4. The minimum atomic E-state index is -3.90. The number of fused-ring (bicyclic) bond motifs is 1. The van der Waals surface area contributed by atoms with E-state index in [1.165, 1.54) is 40.5 Å². The van der Waals surface area contributed by atoms with Gasteiger partial charge in [-0.15, -0.1) is 0 Å². The molecular formula is C32H29NO3S. The zero-order valence-electron chi connectivity index (χ0n) is 20.5. The third-order valence-electron chi connectivity index (χ3n) is 6.99. The number of amides is 1. The van der Waals surface area contributed by atoms with E-state index in [0.717, 1.165) is 24.8 Å². The van der Waals surface area contributed by atoms with Crippen molar-refractivity contribution in [1.29, 1.82) is 0 Å². The molecule has 4 aromatic rings. The minimum absolute atomic E-state index is 0.0535. The molecule has 0 radical (unpaired) electrons. The van der Waals surface area contributed by atoms with Gasteiger partial charge >= 0.3 is 0 Å². The SMILES string of the molecule is O=C(/C=C/c1ccc(C2c3ccccc3CCCC2c2ccccc2)cc1)NS(=O)(=O)c1ccccc1. The van der Waals surface area contributed by atoms with E-state index in [1.807, 2.05) is 12.1 Å². The van der Waals surface area contributed by atoms with E-state index in [9.17, 15) is 13.2 Å². The van der Waals surface area contributed by atoms with Gasteiger partial charge in [0.25, 0.3) is 15.9 Å². The lowest BCUT2D eigenvalue weighted by molar-refractivity contribution is -0.114. The highest BCUT2D eigenvalue weighted by atomic mass is 32.2. The molecule has 2 unspecified atom stereocenters. The number of hydrogen-bond donors (Lipinski definition) is 1. The summed E-state index contributed by atoms with van der Waals surface area (Å²) in [5.41, 5.74) is 6.20. The molecule has 2 atom stereocenters. The van der Waals surface area contributed by atoms with Crippen molar-refractivity contribution in [2.24, 2.45) is 0 Å². The fourth-order valence-electron chi connectivity index (χ4n) is 5.24. The van der Waals surface area contributed by atoms with E-state index in [1.54, 1.807) is 24.3 Å². The van der Waals surface area contributed by atoms with Gasteiger partial charge in [0, 0.05) is 12.0 Å². The third kappa shape index (κ3) is 5.73. The van der Waals surface area contributed by atoms with Crippen molar-refractivity contribution in [1.82, 2.24) is 4.72 Å². The largest absolute Gasteiger partial charge is 0.269 e. The molecule has 5 rings (SSSR count). The van der Waals surface area contributed by atoms with Crippen LogP contribution in [0.15, 0.2) is 120 Å². The Labute approximate surface area is 218 Å². The first-order valence-electron chi connectivity index (χ1n) is 12.5. The molecule has 0 bridgehead atoms. The number of carbonyl (C=O) groups is 1. The lowest BCUT2D eigenvalue weighted by Crippen LogP contribution is -2.28. The second-order valence-corrected chi connectivity index (χ2v) is 11.1. The first-order chi connectivity index (χ1) is 18.0. The average molecular weight is 508 g/mol. The Hall–Kier alpha value is -3.96. The van der Waals surface area contributed by atoms with Crippen molar-refractivity contribution in [3.63, 3.8) is 0 Å². The molecule has 4 nitrogen and oxygen atoms in total. The molecule has 0 aliphatic heterocycles. The number of rotatable bonds is 6. The minimum Gasteiger partial charge on any atom is -0.269 e. The van der Waals surface area contributed by atoms with Crippen LogP contribution >= 0.6 is 0 Å². The average Bonchev–Trinajstić information content (AvgIpc) is 3.13. The third-order valence-corrected chi connectivity index (χ3v) is 8.36. The van der Waals surface area contributed by atoms with Crippen molar-refractivity contribution < 1.29 is 13.2 Å². The molecule has 1 aliphatic rings. The number of sulfonamides is 1. The van der Waals surface area contributed by atoms with E-state index in [2.05, 4.69) is 71.5 Å². The molecule has 0 aromatic heterocycles. The summed E-state index contributed by atoms with van der Waals surface area (Å²) in [6.45, 7) is 0. The van der Waals surface area contributed by atoms with Crippen LogP contribution < -0.4 is 4.72 Å². The van der Waals surface area contributed by atoms with Gasteiger partial charge in [0.1, 0.15) is 0 Å². The van der Waals surface area contributed by atoms with Gasteiger partial charge in [-0.25, -0.2) is 13.1 Å². The van der Waals surface area contributed by atoms with Gasteiger partial charge in [-0.05, 0) is 71.2 Å². The predicted octanol–water partition coefficient (Wildman–Crippen LogP) is 6.46. The van der Waals surface area contributed by atoms with Crippen LogP contribution in [-0.2, 0) is 21.2 Å². The monoisotopic (exact) mass is 507 g/mol. The molecule has 0 spiro atoms. The van der Waals surface area contributed by atoms with Gasteiger partial charge in [0.15, 0.2) is 0 Å². The van der Waals surface area contributed by atoms with E-state index < -0.39 is 15.9 Å². The lowest BCUT2D eigenvalue weighted by Gasteiger charge is -2.28. The number of hydrogen-bond acceptors (Lipinski definition) is 3. The Bertz CT molecular complexity index is 1490. The lowest BCUT2D eigenvalue weighted by atomic mass is 9.76. The summed E-state index contributed by atoms with van der Waals surface area (Å²) in [6.07, 6.45) is 6.23. The molecule has 186 valence electrons. The van der Waals surface area contributed by atoms with Gasteiger partial charge in [-0.1, -0.05) is 97.1 Å². The summed E-state index contributed by atoms with van der Waals surface area (Å²) in [5, 5.41) is 0. The fourth-order valence-corrected chi connectivity index (χ4v) is 6.21. The van der Waals surface area contributed by atoms with E-state index >= 15 is 0 Å². The van der Waals surface area contributed by atoms with Crippen LogP contribution in [0.4, 0.5) is 0 Å². The molecule has 5 heteroatoms. The summed E-state index contributed by atoms with van der Waals surface area (Å²) in [6, 6.07) is 35.6. The van der Waals surface area contributed by atoms with Crippen molar-refractivity contribution in [3.8, 4) is 0 Å². The van der Waals surface area contributed by atoms with Crippen LogP contribution in [0.3, 0.4) is 0 Å². The van der Waals surface area contributed by atoms with Crippen molar-refractivity contribution in [3.05, 3.63) is 143 Å². The standard InChI is InChI=1S/C32H29NO3S/c34-31(33-37(35,36)28-14-5-2-6-15-28)23-20-24-18-21-27(22-19-24)32-29-16-8-7-12-26(29)13-9-17-30(32)25-10-3-1-4-11-25/h1-8,10-12,14-16,18-23,30,32H,9,13,17H2,(H,33,34)/b23-20+. The predicted molar refractivity (Wildman–Crippen MR) is 148 cm³/mol. The molecule has 0 saturated carbocycles. The molecular weight excluding hydrogens is 478 g/mol. The van der Waals surface area contributed by atoms with Gasteiger partial charge < -0.3 is 0 Å². The van der Waals surface area contributed by atoms with Gasteiger partial charge in [0.05, 0.1) is 4.90 Å². The van der Waals surface area contributed by atoms with Gasteiger partial charge in [-0.3, -0.25) is 4.79 Å². The maximum absolute atomic E-state index is 12.4. The van der Waals surface area contributed by atoms with E-state index in [4.69, 9.17) is 0 Å². The van der Waals surface area contributed by atoms with Crippen molar-refractivity contribution in [2.45, 2.75) is 36.0 Å². The van der Waals surface area contributed by atoms with Crippen LogP contribution in [0.1, 0.15) is 52.5 Å². The van der Waals surface area contributed by atoms with Crippen LogP contribution in [0.5, 0.6) is 0 Å². The second kappa shape index (κ2) is 11.0. The van der Waals surface area contributed by atoms with Crippen LogP contribution in [0.2, 0.25) is 0 Å². The topological polar surface area (TPSA) is 63.2 Å². The van der Waals surface area contributed by atoms with Crippen LogP contribution in [-0.4, -0.2) is 14.3 Å². The number of aryl methyl sites for hydroxylation is 1. The fraction of sp³-hybridized carbons (Fsp3) is 0.156. The smallest absolute Gasteiger partial charge is 0.264 e. The molecule has 0 fully saturated rings. The Morgan fingerprint density at radius 1 is 0.757 bits per heavy atom. The summed E-state index contributed by atoms with van der Waals surface area (Å²) in [7, 11) is -3.90. The first-order valence-corrected chi connectivity index (χ1v) is 14.0. The number of nitrogens with one attached hydrogen (secondary N) is 1. The Morgan fingerprint density at radius 3 is 2.14 bits per heavy atom. The maximum Gasteiger partial charge on any atom is 0.264 e. The summed E-state index contributed by atoms with van der Waals surface area (Å²) in [4.78, 5) is 12.4. The second-order valence-electron chi connectivity index (χ2n) is 9.37. The molecule has 1 aliphatic carbocycles. The van der Waals surface area contributed by atoms with Crippen molar-refractivity contribution >= 4 is 22.0 Å². The molecule has 1 N–H and O–H groups in total. The Balaban J connectivity index is 1.38. The molecule has 37 heavy (non-hydrogen) atoms. The zero-order chi connectivity index (χ0) is 25.7. The van der Waals surface area contributed by atoms with Gasteiger partial charge in [0.2, 0.25) is 0 Å². The first kappa shape index (κ1) is 24.7. The Morgan fingerprint density at radius 2 is 1.41 bits per heavy atom. The quantitative estimate of drug-likeness (QED) is 0.241. The Kier molecular flexibility index (Phi) is 7.33. The number of benzene rings is 4. The zero-order valence-corrected chi connectivity index (χ0v) is 21.3. The molecule has 0 heterocycles. The molecule has 4 aromatic carbocycles. The summed E-state index contributed by atoms with van der Waals surface area (Å²) >= 11 is 0. The number of carbonyl (C=O) groups excluding carboxylic acids is 1. The molecule has 0 saturated heterocycles. The molecule has 1 amide bonds. The summed E-state index contributed by atoms with van der Waals surface area (Å²) < 4.78 is 26.9. The van der Waals surface area contributed by atoms with E-state index in [-0.39, 0.29) is 10.8 Å². The highest BCUT2D eigenvalue weighted by molar-refractivity contribution is 7.90. The van der Waals surface area contributed by atoms with Crippen molar-refractivity contribution in [2.75, 3.05) is 0 Å². The highest BCUT2D eigenvalue weighted by Crippen LogP contribution is 2.45. The summed E-state index contributed by atoms with van der Waals surface area (Å²) in [5.74, 6) is -0.0755. The normalized spacial score (nSPS) is 17.6. The van der Waals surface area contributed by atoms with E-state index in [0.29, 0.717) is 5.92 Å².